The number of aliphatic hydroxyl groups excluding tert-OH is 1. The zero-order valence-electron chi connectivity index (χ0n) is 16.7. The fourth-order valence-corrected chi connectivity index (χ4v) is 7.00. The molecule has 0 aromatic rings. The number of rotatable bonds is 3. The Morgan fingerprint density at radius 2 is 2.11 bits per heavy atom. The quantitative estimate of drug-likeness (QED) is 0.765. The van der Waals surface area contributed by atoms with Crippen LogP contribution in [0.4, 0.5) is 0 Å². The van der Waals surface area contributed by atoms with Crippen LogP contribution >= 0.6 is 0 Å². The minimum absolute atomic E-state index is 0.0384. The van der Waals surface area contributed by atoms with Gasteiger partial charge < -0.3 is 9.84 Å². The Balaban J connectivity index is 1.72. The molecular weight excluding hydrogens is 340 g/mol. The molecule has 0 aromatic carbocycles. The summed E-state index contributed by atoms with van der Waals surface area (Å²) in [4.78, 5) is 24.3. The van der Waals surface area contributed by atoms with Gasteiger partial charge in [-0.25, -0.2) is 0 Å². The third-order valence-corrected chi connectivity index (χ3v) is 8.14. The molecule has 0 aromatic heterocycles. The van der Waals surface area contributed by atoms with Gasteiger partial charge in [-0.1, -0.05) is 32.4 Å². The van der Waals surface area contributed by atoms with Crippen LogP contribution in [0.5, 0.6) is 0 Å². The Bertz CT molecular complexity index is 707. The molecule has 4 rings (SSSR count). The Kier molecular flexibility index (Phi) is 4.61. The van der Waals surface area contributed by atoms with E-state index in [1.807, 2.05) is 0 Å². The van der Waals surface area contributed by atoms with E-state index in [1.54, 1.807) is 12.2 Å². The van der Waals surface area contributed by atoms with E-state index in [-0.39, 0.29) is 36.3 Å². The minimum Gasteiger partial charge on any atom is -0.462 e. The molecule has 1 N–H and O–H groups in total. The molecule has 4 aliphatic carbocycles. The highest BCUT2D eigenvalue weighted by Gasteiger charge is 2.60. The molecule has 27 heavy (non-hydrogen) atoms. The lowest BCUT2D eigenvalue weighted by Gasteiger charge is -2.58. The molecular formula is C23H32O4. The van der Waals surface area contributed by atoms with Gasteiger partial charge in [-0.2, -0.15) is 0 Å². The molecule has 4 nitrogen and oxygen atoms in total. The first-order chi connectivity index (χ1) is 12.8. The molecule has 3 saturated carbocycles. The predicted octanol–water partition coefficient (Wildman–Crippen LogP) is 3.83. The van der Waals surface area contributed by atoms with E-state index in [0.717, 1.165) is 12.0 Å². The van der Waals surface area contributed by atoms with Crippen molar-refractivity contribution in [2.45, 2.75) is 65.4 Å². The maximum absolute atomic E-state index is 12.2. The van der Waals surface area contributed by atoms with Crippen molar-refractivity contribution in [3.63, 3.8) is 0 Å². The first-order valence-electron chi connectivity index (χ1n) is 10.5. The second-order valence-corrected chi connectivity index (χ2v) is 9.92. The van der Waals surface area contributed by atoms with Crippen molar-refractivity contribution in [2.24, 2.45) is 34.5 Å². The van der Waals surface area contributed by atoms with Crippen LogP contribution < -0.4 is 0 Å². The van der Waals surface area contributed by atoms with Crippen LogP contribution in [0, 0.1) is 34.5 Å². The summed E-state index contributed by atoms with van der Waals surface area (Å²) < 4.78 is 5.94. The van der Waals surface area contributed by atoms with E-state index >= 15 is 0 Å². The lowest BCUT2D eigenvalue weighted by molar-refractivity contribution is -0.165. The number of aliphatic hydroxyl groups is 1. The molecule has 4 aliphatic rings. The third-order valence-electron chi connectivity index (χ3n) is 8.14. The zero-order chi connectivity index (χ0) is 19.4. The highest BCUT2D eigenvalue weighted by Crippen LogP contribution is 2.65. The van der Waals surface area contributed by atoms with Crippen molar-refractivity contribution in [2.75, 3.05) is 6.61 Å². The Morgan fingerprint density at radius 1 is 1.33 bits per heavy atom. The molecule has 1 unspecified atom stereocenters. The molecule has 0 aliphatic heterocycles. The van der Waals surface area contributed by atoms with Gasteiger partial charge in [-0.05, 0) is 61.0 Å². The summed E-state index contributed by atoms with van der Waals surface area (Å²) in [6.45, 7) is 6.87. The van der Waals surface area contributed by atoms with Gasteiger partial charge in [-0.3, -0.25) is 9.59 Å². The SMILES string of the molecule is CC1C[C@H]2[C@@H]3[C@H](OC(=O)CCO)CC4=CC(=O)C=C[C@]4(C)[C@H]3CC[C@]2(C)C1. The van der Waals surface area contributed by atoms with Crippen LogP contribution in [0.2, 0.25) is 0 Å². The van der Waals surface area contributed by atoms with Crippen LogP contribution in [0.1, 0.15) is 59.3 Å². The monoisotopic (exact) mass is 372 g/mol. The Morgan fingerprint density at radius 3 is 2.85 bits per heavy atom. The smallest absolute Gasteiger partial charge is 0.308 e. The van der Waals surface area contributed by atoms with Crippen LogP contribution in [0.3, 0.4) is 0 Å². The number of allylic oxidation sites excluding steroid dienone is 3. The van der Waals surface area contributed by atoms with Gasteiger partial charge in [0, 0.05) is 17.8 Å². The number of esters is 1. The van der Waals surface area contributed by atoms with E-state index < -0.39 is 0 Å². The zero-order valence-corrected chi connectivity index (χ0v) is 16.7. The number of ether oxygens (including phenoxy) is 1. The molecule has 148 valence electrons. The molecule has 3 fully saturated rings. The summed E-state index contributed by atoms with van der Waals surface area (Å²) in [5.41, 5.74) is 1.34. The fraction of sp³-hybridized carbons (Fsp3) is 0.739. The van der Waals surface area contributed by atoms with Gasteiger partial charge in [0.2, 0.25) is 0 Å². The number of fused-ring (bicyclic) bond motifs is 5. The maximum Gasteiger partial charge on any atom is 0.308 e. The highest BCUT2D eigenvalue weighted by atomic mass is 16.5. The standard InChI is InChI=1S/C23H32O4/c1-14-10-18-21-17(5-7-22(18,2)13-14)23(3)8-4-16(25)11-15(23)12-19(21)27-20(26)6-9-24/h4,8,11,14,17-19,21,24H,5-7,9-10,12-13H2,1-3H3/t14?,17-,18-,19+,21+,22+,23-/m0/s1. The summed E-state index contributed by atoms with van der Waals surface area (Å²) in [6, 6.07) is 0. The van der Waals surface area contributed by atoms with Crippen LogP contribution in [0.25, 0.3) is 0 Å². The van der Waals surface area contributed by atoms with Crippen molar-refractivity contribution in [3.05, 3.63) is 23.8 Å². The summed E-state index contributed by atoms with van der Waals surface area (Å²) in [7, 11) is 0. The van der Waals surface area contributed by atoms with E-state index in [4.69, 9.17) is 9.84 Å². The van der Waals surface area contributed by atoms with Crippen LogP contribution in [-0.2, 0) is 14.3 Å². The summed E-state index contributed by atoms with van der Waals surface area (Å²) >= 11 is 0. The summed E-state index contributed by atoms with van der Waals surface area (Å²) in [6.07, 6.45) is 10.9. The number of ketones is 1. The molecule has 0 heterocycles. The lowest BCUT2D eigenvalue weighted by Crippen LogP contribution is -2.54. The van der Waals surface area contributed by atoms with E-state index in [2.05, 4.69) is 26.8 Å². The second-order valence-electron chi connectivity index (χ2n) is 9.92. The van der Waals surface area contributed by atoms with E-state index in [1.165, 1.54) is 19.3 Å². The lowest BCUT2D eigenvalue weighted by atomic mass is 9.48. The summed E-state index contributed by atoms with van der Waals surface area (Å²) in [5, 5.41) is 9.12. The van der Waals surface area contributed by atoms with Crippen molar-refractivity contribution in [1.82, 2.24) is 0 Å². The number of hydrogen-bond donors (Lipinski definition) is 1. The number of hydrogen-bond acceptors (Lipinski definition) is 4. The molecule has 0 bridgehead atoms. The van der Waals surface area contributed by atoms with Crippen molar-refractivity contribution in [1.29, 1.82) is 0 Å². The Hall–Kier alpha value is -1.42. The van der Waals surface area contributed by atoms with Gasteiger partial charge in [0.15, 0.2) is 5.78 Å². The summed E-state index contributed by atoms with van der Waals surface area (Å²) in [5.74, 6) is 1.72. The normalized spacial score (nSPS) is 45.6. The number of carbonyl (C=O) groups is 2. The molecule has 4 heteroatoms. The van der Waals surface area contributed by atoms with Gasteiger partial charge in [0.25, 0.3) is 0 Å². The van der Waals surface area contributed by atoms with Crippen molar-refractivity contribution < 1.29 is 19.4 Å². The highest BCUT2D eigenvalue weighted by molar-refractivity contribution is 6.01. The van der Waals surface area contributed by atoms with Crippen LogP contribution in [-0.4, -0.2) is 29.6 Å². The molecule has 0 spiro atoms. The third kappa shape index (κ3) is 3.00. The predicted molar refractivity (Wildman–Crippen MR) is 103 cm³/mol. The minimum atomic E-state index is -0.318. The van der Waals surface area contributed by atoms with Gasteiger partial charge in [0.1, 0.15) is 6.10 Å². The first-order valence-corrected chi connectivity index (χ1v) is 10.5. The van der Waals surface area contributed by atoms with E-state index in [9.17, 15) is 9.59 Å². The average molecular weight is 373 g/mol. The molecule has 0 amide bonds. The van der Waals surface area contributed by atoms with Gasteiger partial charge in [0.05, 0.1) is 13.0 Å². The largest absolute Gasteiger partial charge is 0.462 e. The Labute approximate surface area is 162 Å². The maximum atomic E-state index is 12.2. The van der Waals surface area contributed by atoms with Crippen molar-refractivity contribution in [3.8, 4) is 0 Å². The molecule has 0 saturated heterocycles. The van der Waals surface area contributed by atoms with Crippen molar-refractivity contribution >= 4 is 11.8 Å². The van der Waals surface area contributed by atoms with Crippen LogP contribution in [0.15, 0.2) is 23.8 Å². The second kappa shape index (κ2) is 6.58. The topological polar surface area (TPSA) is 63.6 Å². The number of carbonyl (C=O) groups excluding carboxylic acids is 2. The fourth-order valence-electron chi connectivity index (χ4n) is 7.00. The first kappa shape index (κ1) is 18.9. The average Bonchev–Trinajstić information content (AvgIpc) is 2.90. The molecule has 0 radical (unpaired) electrons. The van der Waals surface area contributed by atoms with E-state index in [0.29, 0.717) is 35.5 Å². The van der Waals surface area contributed by atoms with Gasteiger partial charge >= 0.3 is 5.97 Å². The molecule has 7 atom stereocenters. The van der Waals surface area contributed by atoms with Gasteiger partial charge in [-0.15, -0.1) is 0 Å².